The van der Waals surface area contributed by atoms with Crippen LogP contribution < -0.4 is 10.6 Å². The molecular formula is C16H32N2O. The minimum absolute atomic E-state index is 0.0602. The van der Waals surface area contributed by atoms with Crippen molar-refractivity contribution in [1.82, 2.24) is 10.6 Å². The predicted molar refractivity (Wildman–Crippen MR) is 81.0 cm³/mol. The van der Waals surface area contributed by atoms with E-state index in [0.717, 1.165) is 25.4 Å². The van der Waals surface area contributed by atoms with E-state index in [2.05, 4.69) is 38.3 Å². The van der Waals surface area contributed by atoms with Crippen LogP contribution in [0.1, 0.15) is 53.9 Å². The fraction of sp³-hybridized carbons (Fsp3) is 0.938. The molecule has 0 spiro atoms. The maximum atomic E-state index is 12.2. The zero-order valence-electron chi connectivity index (χ0n) is 13.3. The zero-order chi connectivity index (χ0) is 14.4. The fourth-order valence-corrected chi connectivity index (χ4v) is 3.15. The van der Waals surface area contributed by atoms with Crippen LogP contribution in [0.5, 0.6) is 0 Å². The van der Waals surface area contributed by atoms with Crippen LogP contribution in [0.4, 0.5) is 0 Å². The van der Waals surface area contributed by atoms with Gasteiger partial charge in [-0.3, -0.25) is 4.79 Å². The zero-order valence-corrected chi connectivity index (χ0v) is 13.3. The van der Waals surface area contributed by atoms with E-state index < -0.39 is 0 Å². The Labute approximate surface area is 118 Å². The summed E-state index contributed by atoms with van der Waals surface area (Å²) in [6.07, 6.45) is 3.70. The van der Waals surface area contributed by atoms with Gasteiger partial charge in [0.15, 0.2) is 0 Å². The summed E-state index contributed by atoms with van der Waals surface area (Å²) in [5, 5.41) is 6.56. The van der Waals surface area contributed by atoms with Crippen LogP contribution in [0.3, 0.4) is 0 Å². The molecule has 4 atom stereocenters. The summed E-state index contributed by atoms with van der Waals surface area (Å²) < 4.78 is 0. The summed E-state index contributed by atoms with van der Waals surface area (Å²) in [4.78, 5) is 12.2. The fourth-order valence-electron chi connectivity index (χ4n) is 3.15. The first kappa shape index (κ1) is 16.5. The molecule has 0 bridgehead atoms. The molecule has 1 rings (SSSR count). The van der Waals surface area contributed by atoms with Crippen molar-refractivity contribution >= 4 is 5.91 Å². The van der Waals surface area contributed by atoms with Crippen molar-refractivity contribution in [2.24, 2.45) is 23.7 Å². The second kappa shape index (κ2) is 7.88. The van der Waals surface area contributed by atoms with E-state index >= 15 is 0 Å². The molecule has 1 saturated carbocycles. The highest BCUT2D eigenvalue weighted by Gasteiger charge is 2.32. The third-order valence-electron chi connectivity index (χ3n) is 4.50. The first-order valence-electron chi connectivity index (χ1n) is 7.96. The van der Waals surface area contributed by atoms with E-state index in [-0.39, 0.29) is 11.8 Å². The number of carbonyl (C=O) groups is 1. The normalized spacial score (nSPS) is 29.3. The van der Waals surface area contributed by atoms with Crippen molar-refractivity contribution in [2.75, 3.05) is 13.1 Å². The van der Waals surface area contributed by atoms with Crippen molar-refractivity contribution in [3.05, 3.63) is 0 Å². The molecule has 3 heteroatoms. The molecule has 0 radical (unpaired) electrons. The highest BCUT2D eigenvalue weighted by molar-refractivity contribution is 5.78. The Kier molecular flexibility index (Phi) is 6.84. The molecule has 19 heavy (non-hydrogen) atoms. The van der Waals surface area contributed by atoms with Gasteiger partial charge in [-0.15, -0.1) is 0 Å². The van der Waals surface area contributed by atoms with E-state index in [1.54, 1.807) is 0 Å². The molecule has 1 aliphatic rings. The Morgan fingerprint density at radius 2 is 1.95 bits per heavy atom. The van der Waals surface area contributed by atoms with Gasteiger partial charge in [-0.1, -0.05) is 41.0 Å². The largest absolute Gasteiger partial charge is 0.353 e. The number of nitrogens with one attached hydrogen (secondary N) is 2. The minimum Gasteiger partial charge on any atom is -0.353 e. The van der Waals surface area contributed by atoms with Gasteiger partial charge in [0.2, 0.25) is 5.91 Å². The molecule has 0 aliphatic heterocycles. The molecule has 0 aromatic rings. The molecule has 112 valence electrons. The lowest BCUT2D eigenvalue weighted by Gasteiger charge is -2.38. The maximum absolute atomic E-state index is 12.2. The maximum Gasteiger partial charge on any atom is 0.224 e. The van der Waals surface area contributed by atoms with Crippen LogP contribution in [0.25, 0.3) is 0 Å². The molecule has 1 aliphatic carbocycles. The highest BCUT2D eigenvalue weighted by atomic mass is 16.1. The molecule has 0 aromatic heterocycles. The Morgan fingerprint density at radius 1 is 1.26 bits per heavy atom. The van der Waals surface area contributed by atoms with Crippen LogP contribution in [0, 0.1) is 23.7 Å². The number of carbonyl (C=O) groups excluding carboxylic acids is 1. The van der Waals surface area contributed by atoms with Gasteiger partial charge in [0.05, 0.1) is 0 Å². The van der Waals surface area contributed by atoms with Crippen LogP contribution >= 0.6 is 0 Å². The summed E-state index contributed by atoms with van der Waals surface area (Å²) in [6, 6.07) is 0.375. The van der Waals surface area contributed by atoms with E-state index in [0.29, 0.717) is 17.9 Å². The van der Waals surface area contributed by atoms with E-state index in [1.165, 1.54) is 12.8 Å². The van der Waals surface area contributed by atoms with Gasteiger partial charge in [-0.25, -0.2) is 0 Å². The molecule has 3 nitrogen and oxygen atoms in total. The topological polar surface area (TPSA) is 41.1 Å². The molecule has 4 unspecified atom stereocenters. The third-order valence-corrected chi connectivity index (χ3v) is 4.50. The molecule has 1 amide bonds. The second-order valence-corrected chi connectivity index (χ2v) is 6.65. The van der Waals surface area contributed by atoms with Gasteiger partial charge in [0, 0.05) is 18.5 Å². The smallest absolute Gasteiger partial charge is 0.224 e. The SMILES string of the molecule is CCNCC(C)C(=O)NC1CC(C)CCC1C(C)C. The molecule has 0 saturated heterocycles. The average Bonchev–Trinajstić information content (AvgIpc) is 2.35. The van der Waals surface area contributed by atoms with Gasteiger partial charge < -0.3 is 10.6 Å². The van der Waals surface area contributed by atoms with Crippen LogP contribution in [-0.4, -0.2) is 25.0 Å². The van der Waals surface area contributed by atoms with Crippen molar-refractivity contribution in [1.29, 1.82) is 0 Å². The Balaban J connectivity index is 2.53. The molecular weight excluding hydrogens is 236 g/mol. The van der Waals surface area contributed by atoms with Crippen LogP contribution in [0.15, 0.2) is 0 Å². The summed E-state index contributed by atoms with van der Waals surface area (Å²) in [7, 11) is 0. The van der Waals surface area contributed by atoms with Crippen molar-refractivity contribution in [3.63, 3.8) is 0 Å². The van der Waals surface area contributed by atoms with Crippen molar-refractivity contribution in [3.8, 4) is 0 Å². The number of amides is 1. The van der Waals surface area contributed by atoms with E-state index in [9.17, 15) is 4.79 Å². The van der Waals surface area contributed by atoms with Gasteiger partial charge in [0.25, 0.3) is 0 Å². The number of rotatable bonds is 6. The van der Waals surface area contributed by atoms with Gasteiger partial charge in [-0.05, 0) is 37.1 Å². The van der Waals surface area contributed by atoms with E-state index in [1.807, 2.05) is 6.92 Å². The van der Waals surface area contributed by atoms with E-state index in [4.69, 9.17) is 0 Å². The van der Waals surface area contributed by atoms with Crippen molar-refractivity contribution in [2.45, 2.75) is 59.9 Å². The van der Waals surface area contributed by atoms with Gasteiger partial charge >= 0.3 is 0 Å². The Hall–Kier alpha value is -0.570. The molecule has 0 aromatic carbocycles. The summed E-state index contributed by atoms with van der Waals surface area (Å²) >= 11 is 0. The standard InChI is InChI=1S/C16H32N2O/c1-6-17-10-13(5)16(19)18-15-9-12(4)7-8-14(15)11(2)3/h11-15,17H,6-10H2,1-5H3,(H,18,19). The third kappa shape index (κ3) is 5.13. The highest BCUT2D eigenvalue weighted by Crippen LogP contribution is 2.33. The predicted octanol–water partition coefficient (Wildman–Crippen LogP) is 2.81. The first-order chi connectivity index (χ1) is 8.95. The van der Waals surface area contributed by atoms with Gasteiger partial charge in [-0.2, -0.15) is 0 Å². The molecule has 1 fully saturated rings. The van der Waals surface area contributed by atoms with Crippen LogP contribution in [0.2, 0.25) is 0 Å². The van der Waals surface area contributed by atoms with Gasteiger partial charge in [0.1, 0.15) is 0 Å². The number of hydrogen-bond donors (Lipinski definition) is 2. The monoisotopic (exact) mass is 268 g/mol. The second-order valence-electron chi connectivity index (χ2n) is 6.65. The van der Waals surface area contributed by atoms with Crippen molar-refractivity contribution < 1.29 is 4.79 Å². The summed E-state index contributed by atoms with van der Waals surface area (Å²) in [5.74, 6) is 2.31. The first-order valence-corrected chi connectivity index (χ1v) is 7.96. The van der Waals surface area contributed by atoms with Crippen LogP contribution in [-0.2, 0) is 4.79 Å². The summed E-state index contributed by atoms with van der Waals surface area (Å²) in [5.41, 5.74) is 0. The number of hydrogen-bond acceptors (Lipinski definition) is 2. The lowest BCUT2D eigenvalue weighted by atomic mass is 9.74. The molecule has 2 N–H and O–H groups in total. The Morgan fingerprint density at radius 3 is 2.53 bits per heavy atom. The lowest BCUT2D eigenvalue weighted by molar-refractivity contribution is -0.126. The Bertz CT molecular complexity index is 278. The minimum atomic E-state index is 0.0602. The molecule has 0 heterocycles. The lowest BCUT2D eigenvalue weighted by Crippen LogP contribution is -2.48. The summed E-state index contributed by atoms with van der Waals surface area (Å²) in [6.45, 7) is 12.6. The quantitative estimate of drug-likeness (QED) is 0.778. The average molecular weight is 268 g/mol.